The zero-order valence-corrected chi connectivity index (χ0v) is 21.5. The fourth-order valence-corrected chi connectivity index (χ4v) is 2.49. The van der Waals surface area contributed by atoms with Crippen LogP contribution in [0.15, 0.2) is 30.3 Å². The van der Waals surface area contributed by atoms with E-state index in [0.29, 0.717) is 6.42 Å². The van der Waals surface area contributed by atoms with Gasteiger partial charge in [0.2, 0.25) is 6.10 Å². The SMILES string of the molecule is CCC(C)(C)C(=O)N(Cc1ccccc1)OC(=O)[C@H](COC(C)(C)C)OC(=O)NC(C)(C)C. The van der Waals surface area contributed by atoms with E-state index in [-0.39, 0.29) is 19.1 Å². The van der Waals surface area contributed by atoms with E-state index in [4.69, 9.17) is 14.3 Å². The zero-order valence-electron chi connectivity index (χ0n) is 21.5. The average molecular weight is 465 g/mol. The first kappa shape index (κ1) is 28.4. The second-order valence-electron chi connectivity index (χ2n) is 10.7. The molecule has 1 aromatic rings. The Morgan fingerprint density at radius 1 is 0.970 bits per heavy atom. The van der Waals surface area contributed by atoms with E-state index in [2.05, 4.69) is 5.32 Å². The minimum absolute atomic E-state index is 0.0654. The quantitative estimate of drug-likeness (QED) is 0.564. The standard InChI is InChI=1S/C25H40N2O6/c1-10-25(8,9)21(29)27(16-18-14-12-11-13-15-18)33-20(28)19(17-31-24(5,6)7)32-22(30)26-23(2,3)4/h11-15,19H,10,16-17H2,1-9H3,(H,26,30)/t19-/m0/s1. The van der Waals surface area contributed by atoms with Gasteiger partial charge in [0.25, 0.3) is 5.91 Å². The van der Waals surface area contributed by atoms with Gasteiger partial charge in [-0.15, -0.1) is 0 Å². The lowest BCUT2D eigenvalue weighted by Crippen LogP contribution is -2.48. The van der Waals surface area contributed by atoms with Gasteiger partial charge in [-0.2, -0.15) is 5.06 Å². The summed E-state index contributed by atoms with van der Waals surface area (Å²) in [5.74, 6) is -1.24. The van der Waals surface area contributed by atoms with Crippen molar-refractivity contribution in [2.45, 2.75) is 92.5 Å². The number of carbonyl (C=O) groups is 3. The summed E-state index contributed by atoms with van der Waals surface area (Å²) in [7, 11) is 0. The summed E-state index contributed by atoms with van der Waals surface area (Å²) in [6.45, 7) is 16.1. The molecule has 0 aliphatic heterocycles. The van der Waals surface area contributed by atoms with Crippen molar-refractivity contribution in [1.29, 1.82) is 0 Å². The van der Waals surface area contributed by atoms with Gasteiger partial charge >= 0.3 is 12.1 Å². The van der Waals surface area contributed by atoms with Crippen molar-refractivity contribution < 1.29 is 28.7 Å². The molecule has 0 unspecified atom stereocenters. The van der Waals surface area contributed by atoms with Gasteiger partial charge in [-0.25, -0.2) is 9.59 Å². The lowest BCUT2D eigenvalue weighted by atomic mass is 9.89. The predicted molar refractivity (Wildman–Crippen MR) is 126 cm³/mol. The van der Waals surface area contributed by atoms with Gasteiger partial charge in [0.15, 0.2) is 0 Å². The number of nitrogens with zero attached hydrogens (tertiary/aromatic N) is 1. The highest BCUT2D eigenvalue weighted by Crippen LogP contribution is 2.25. The molecule has 186 valence electrons. The Balaban J connectivity index is 3.12. The van der Waals surface area contributed by atoms with Crippen LogP contribution < -0.4 is 5.32 Å². The maximum Gasteiger partial charge on any atom is 0.408 e. The summed E-state index contributed by atoms with van der Waals surface area (Å²) in [5, 5.41) is 3.68. The molecule has 0 aromatic heterocycles. The Bertz CT molecular complexity index is 793. The smallest absolute Gasteiger partial charge is 0.408 e. The van der Waals surface area contributed by atoms with Gasteiger partial charge in [0.05, 0.1) is 18.8 Å². The number of rotatable bonds is 8. The lowest BCUT2D eigenvalue weighted by molar-refractivity contribution is -0.215. The maximum atomic E-state index is 13.2. The van der Waals surface area contributed by atoms with Gasteiger partial charge in [-0.05, 0) is 53.5 Å². The Morgan fingerprint density at radius 3 is 2.03 bits per heavy atom. The summed E-state index contributed by atoms with van der Waals surface area (Å²) >= 11 is 0. The third-order valence-electron chi connectivity index (χ3n) is 4.72. The predicted octanol–water partition coefficient (Wildman–Crippen LogP) is 4.62. The van der Waals surface area contributed by atoms with Crippen molar-refractivity contribution >= 4 is 18.0 Å². The van der Waals surface area contributed by atoms with Crippen molar-refractivity contribution in [2.24, 2.45) is 5.41 Å². The maximum absolute atomic E-state index is 13.2. The molecule has 8 heteroatoms. The van der Waals surface area contributed by atoms with Crippen LogP contribution in [-0.2, 0) is 30.4 Å². The highest BCUT2D eigenvalue weighted by Gasteiger charge is 2.36. The molecule has 0 fully saturated rings. The molecule has 33 heavy (non-hydrogen) atoms. The number of benzene rings is 1. The molecule has 0 bridgehead atoms. The first-order chi connectivity index (χ1) is 15.0. The van der Waals surface area contributed by atoms with E-state index < -0.39 is 34.7 Å². The van der Waals surface area contributed by atoms with E-state index in [1.165, 1.54) is 0 Å². The fraction of sp³-hybridized carbons (Fsp3) is 0.640. The molecular formula is C25H40N2O6. The highest BCUT2D eigenvalue weighted by molar-refractivity contribution is 5.84. The molecule has 1 atom stereocenters. The number of hydrogen-bond acceptors (Lipinski definition) is 6. The average Bonchev–Trinajstić information content (AvgIpc) is 2.68. The molecule has 1 N–H and O–H groups in total. The van der Waals surface area contributed by atoms with E-state index in [9.17, 15) is 14.4 Å². The number of alkyl carbamates (subject to hydrolysis) is 1. The molecule has 1 rings (SSSR count). The first-order valence-electron chi connectivity index (χ1n) is 11.2. The van der Waals surface area contributed by atoms with Crippen LogP contribution >= 0.6 is 0 Å². The Labute approximate surface area is 197 Å². The van der Waals surface area contributed by atoms with Gasteiger partial charge < -0.3 is 19.6 Å². The lowest BCUT2D eigenvalue weighted by Gasteiger charge is -2.31. The fourth-order valence-electron chi connectivity index (χ4n) is 2.49. The molecule has 0 radical (unpaired) electrons. The molecule has 0 saturated heterocycles. The molecule has 1 aromatic carbocycles. The second kappa shape index (κ2) is 11.5. The van der Waals surface area contributed by atoms with Crippen LogP contribution in [0.1, 0.15) is 74.3 Å². The van der Waals surface area contributed by atoms with Crippen LogP contribution in [0.5, 0.6) is 0 Å². The van der Waals surface area contributed by atoms with Gasteiger partial charge in [0.1, 0.15) is 0 Å². The van der Waals surface area contributed by atoms with Crippen LogP contribution in [0.4, 0.5) is 4.79 Å². The Morgan fingerprint density at radius 2 is 1.55 bits per heavy atom. The number of hydroxylamine groups is 2. The van der Waals surface area contributed by atoms with Crippen LogP contribution in [0.3, 0.4) is 0 Å². The third kappa shape index (κ3) is 10.7. The summed E-state index contributed by atoms with van der Waals surface area (Å²) in [5.41, 5.74) is -1.10. The Kier molecular flexibility index (Phi) is 9.90. The van der Waals surface area contributed by atoms with Crippen molar-refractivity contribution in [3.63, 3.8) is 0 Å². The van der Waals surface area contributed by atoms with Gasteiger partial charge in [0, 0.05) is 11.0 Å². The topological polar surface area (TPSA) is 94.2 Å². The first-order valence-corrected chi connectivity index (χ1v) is 11.2. The number of carbonyl (C=O) groups excluding carboxylic acids is 3. The Hall–Kier alpha value is -2.61. The molecule has 0 aliphatic rings. The number of nitrogens with one attached hydrogen (secondary N) is 1. The zero-order chi connectivity index (χ0) is 25.4. The van der Waals surface area contributed by atoms with E-state index >= 15 is 0 Å². The van der Waals surface area contributed by atoms with Crippen LogP contribution in [0.2, 0.25) is 0 Å². The van der Waals surface area contributed by atoms with Crippen molar-refractivity contribution in [3.05, 3.63) is 35.9 Å². The highest BCUT2D eigenvalue weighted by atomic mass is 16.7. The monoisotopic (exact) mass is 464 g/mol. The summed E-state index contributed by atoms with van der Waals surface area (Å²) in [6, 6.07) is 9.20. The molecule has 8 nitrogen and oxygen atoms in total. The molecular weight excluding hydrogens is 424 g/mol. The van der Waals surface area contributed by atoms with Crippen LogP contribution in [0.25, 0.3) is 0 Å². The van der Waals surface area contributed by atoms with Crippen molar-refractivity contribution in [3.8, 4) is 0 Å². The summed E-state index contributed by atoms with van der Waals surface area (Å²) < 4.78 is 11.0. The summed E-state index contributed by atoms with van der Waals surface area (Å²) in [4.78, 5) is 44.1. The number of hydrogen-bond donors (Lipinski definition) is 1. The molecule has 2 amide bonds. The van der Waals surface area contributed by atoms with Gasteiger partial charge in [-0.1, -0.05) is 51.1 Å². The van der Waals surface area contributed by atoms with E-state index in [1.54, 1.807) is 34.6 Å². The molecule has 0 saturated carbocycles. The number of ether oxygens (including phenoxy) is 2. The normalized spacial score (nSPS) is 13.1. The summed E-state index contributed by atoms with van der Waals surface area (Å²) in [6.07, 6.45) is -1.59. The molecule has 0 aliphatic carbocycles. The molecule has 0 spiro atoms. The van der Waals surface area contributed by atoms with Crippen LogP contribution in [0, 0.1) is 5.41 Å². The minimum Gasteiger partial charge on any atom is -0.432 e. The largest absolute Gasteiger partial charge is 0.432 e. The molecule has 0 heterocycles. The van der Waals surface area contributed by atoms with Gasteiger partial charge in [-0.3, -0.25) is 4.79 Å². The van der Waals surface area contributed by atoms with Crippen LogP contribution in [-0.4, -0.2) is 46.9 Å². The second-order valence-corrected chi connectivity index (χ2v) is 10.7. The minimum atomic E-state index is -1.36. The van der Waals surface area contributed by atoms with Crippen molar-refractivity contribution in [2.75, 3.05) is 6.61 Å². The van der Waals surface area contributed by atoms with E-state index in [1.807, 2.05) is 58.0 Å². The number of amides is 2. The van der Waals surface area contributed by atoms with E-state index in [0.717, 1.165) is 10.6 Å². The third-order valence-corrected chi connectivity index (χ3v) is 4.72. The van der Waals surface area contributed by atoms with Crippen molar-refractivity contribution in [1.82, 2.24) is 10.4 Å².